The highest BCUT2D eigenvalue weighted by Crippen LogP contribution is 2.51. The van der Waals surface area contributed by atoms with Crippen molar-refractivity contribution in [2.75, 3.05) is 14.2 Å². The van der Waals surface area contributed by atoms with Gasteiger partial charge < -0.3 is 14.2 Å². The molecule has 112 valence electrons. The zero-order valence-electron chi connectivity index (χ0n) is 12.2. The Kier molecular flexibility index (Phi) is 4.57. The molecule has 0 aromatic carbocycles. The molecule has 6 heteroatoms. The minimum absolute atomic E-state index is 0.00954. The van der Waals surface area contributed by atoms with Gasteiger partial charge in [-0.25, -0.2) is 0 Å². The Morgan fingerprint density at radius 3 is 2.05 bits per heavy atom. The summed E-state index contributed by atoms with van der Waals surface area (Å²) in [6.45, 7) is 6.64. The van der Waals surface area contributed by atoms with Crippen LogP contribution in [0.25, 0.3) is 0 Å². The third-order valence-electron chi connectivity index (χ3n) is 3.82. The summed E-state index contributed by atoms with van der Waals surface area (Å²) in [6.07, 6.45) is 1.73. The van der Waals surface area contributed by atoms with E-state index in [0.717, 1.165) is 0 Å². The van der Waals surface area contributed by atoms with Gasteiger partial charge in [-0.05, 0) is 13.3 Å². The molecule has 1 saturated carbocycles. The maximum Gasteiger partial charge on any atom is 0.323 e. The quantitative estimate of drug-likeness (QED) is 0.334. The summed E-state index contributed by atoms with van der Waals surface area (Å²) in [6, 6.07) is 0. The minimum atomic E-state index is -1.47. The van der Waals surface area contributed by atoms with Gasteiger partial charge in [-0.3, -0.25) is 14.4 Å². The van der Waals surface area contributed by atoms with E-state index in [1.807, 2.05) is 0 Å². The fourth-order valence-electron chi connectivity index (χ4n) is 2.95. The molecule has 0 spiro atoms. The molecule has 1 rings (SSSR count). The Morgan fingerprint density at radius 1 is 1.20 bits per heavy atom. The average Bonchev–Trinajstić information content (AvgIpc) is 2.69. The van der Waals surface area contributed by atoms with Crippen molar-refractivity contribution in [1.82, 2.24) is 0 Å². The second-order valence-corrected chi connectivity index (χ2v) is 5.19. The van der Waals surface area contributed by atoms with Crippen molar-refractivity contribution >= 4 is 17.9 Å². The maximum absolute atomic E-state index is 12.1. The molecular formula is C14H20O6. The fourth-order valence-corrected chi connectivity index (χ4v) is 2.95. The van der Waals surface area contributed by atoms with Crippen LogP contribution in [0.4, 0.5) is 0 Å². The molecular weight excluding hydrogens is 264 g/mol. The van der Waals surface area contributed by atoms with Gasteiger partial charge in [-0.2, -0.15) is 0 Å². The van der Waals surface area contributed by atoms with E-state index in [1.54, 1.807) is 13.0 Å². The second kappa shape index (κ2) is 5.64. The van der Waals surface area contributed by atoms with E-state index in [-0.39, 0.29) is 18.8 Å². The smallest absolute Gasteiger partial charge is 0.323 e. The Labute approximate surface area is 118 Å². The van der Waals surface area contributed by atoms with Gasteiger partial charge in [0, 0.05) is 19.3 Å². The summed E-state index contributed by atoms with van der Waals surface area (Å²) >= 11 is 0. The number of hydrogen-bond acceptors (Lipinski definition) is 6. The van der Waals surface area contributed by atoms with Crippen LogP contribution >= 0.6 is 0 Å². The van der Waals surface area contributed by atoms with Crippen LogP contribution in [0.15, 0.2) is 12.7 Å². The Bertz CT molecular complexity index is 425. The summed E-state index contributed by atoms with van der Waals surface area (Å²) in [5, 5.41) is 0. The molecule has 0 aromatic heterocycles. The van der Waals surface area contributed by atoms with Crippen LogP contribution in [0.5, 0.6) is 0 Å². The molecule has 0 amide bonds. The van der Waals surface area contributed by atoms with Crippen LogP contribution < -0.4 is 0 Å². The Balaban J connectivity index is 3.24. The number of carbonyl (C=O) groups is 3. The van der Waals surface area contributed by atoms with E-state index >= 15 is 0 Å². The summed E-state index contributed by atoms with van der Waals surface area (Å²) in [7, 11) is 2.41. The summed E-state index contributed by atoms with van der Waals surface area (Å²) < 4.78 is 14.8. The van der Waals surface area contributed by atoms with Crippen molar-refractivity contribution in [3.8, 4) is 0 Å². The lowest BCUT2D eigenvalue weighted by molar-refractivity contribution is -0.173. The van der Waals surface area contributed by atoms with E-state index in [2.05, 4.69) is 6.58 Å². The number of ether oxygens (including phenoxy) is 3. The molecule has 1 aliphatic rings. The maximum atomic E-state index is 12.1. The van der Waals surface area contributed by atoms with E-state index in [0.29, 0.717) is 0 Å². The van der Waals surface area contributed by atoms with Gasteiger partial charge in [0.05, 0.1) is 14.2 Å². The minimum Gasteiger partial charge on any atom is -0.468 e. The van der Waals surface area contributed by atoms with Crippen molar-refractivity contribution in [2.24, 2.45) is 11.3 Å². The first-order valence-corrected chi connectivity index (χ1v) is 6.24. The highest BCUT2D eigenvalue weighted by molar-refractivity contribution is 6.00. The molecule has 0 N–H and O–H groups in total. The van der Waals surface area contributed by atoms with Crippen LogP contribution in [0.2, 0.25) is 0 Å². The summed E-state index contributed by atoms with van der Waals surface area (Å²) in [5.74, 6) is -2.20. The van der Waals surface area contributed by atoms with Gasteiger partial charge in [0.25, 0.3) is 0 Å². The molecule has 0 bridgehead atoms. The zero-order valence-corrected chi connectivity index (χ0v) is 12.2. The summed E-state index contributed by atoms with van der Waals surface area (Å²) in [5.41, 5.74) is -2.46. The molecule has 0 aromatic rings. The predicted octanol–water partition coefficient (Wildman–Crippen LogP) is 1.24. The van der Waals surface area contributed by atoms with Crippen molar-refractivity contribution in [3.05, 3.63) is 12.7 Å². The fraction of sp³-hybridized carbons (Fsp3) is 0.643. The molecule has 2 unspecified atom stereocenters. The molecule has 0 heterocycles. The van der Waals surface area contributed by atoms with Gasteiger partial charge in [-0.1, -0.05) is 6.08 Å². The predicted molar refractivity (Wildman–Crippen MR) is 69.6 cm³/mol. The van der Waals surface area contributed by atoms with Gasteiger partial charge in [0.1, 0.15) is 5.60 Å². The summed E-state index contributed by atoms with van der Waals surface area (Å²) in [4.78, 5) is 35.4. The molecule has 1 fully saturated rings. The lowest BCUT2D eigenvalue weighted by Crippen LogP contribution is -2.41. The van der Waals surface area contributed by atoms with Gasteiger partial charge in [-0.15, -0.1) is 6.58 Å². The topological polar surface area (TPSA) is 78.9 Å². The van der Waals surface area contributed by atoms with Crippen LogP contribution in [0.3, 0.4) is 0 Å². The van der Waals surface area contributed by atoms with Crippen LogP contribution in [-0.2, 0) is 28.6 Å². The first kappa shape index (κ1) is 16.2. The van der Waals surface area contributed by atoms with Crippen LogP contribution in [-0.4, -0.2) is 37.7 Å². The largest absolute Gasteiger partial charge is 0.468 e. The van der Waals surface area contributed by atoms with E-state index in [1.165, 1.54) is 21.1 Å². The Hall–Kier alpha value is -1.85. The first-order valence-electron chi connectivity index (χ1n) is 6.24. The lowest BCUT2D eigenvalue weighted by Gasteiger charge is -2.29. The van der Waals surface area contributed by atoms with Crippen molar-refractivity contribution < 1.29 is 28.6 Å². The molecule has 2 atom stereocenters. The van der Waals surface area contributed by atoms with Gasteiger partial charge >= 0.3 is 17.9 Å². The van der Waals surface area contributed by atoms with Gasteiger partial charge in [0.2, 0.25) is 0 Å². The molecule has 0 aliphatic heterocycles. The third kappa shape index (κ3) is 2.55. The van der Waals surface area contributed by atoms with E-state index < -0.39 is 28.9 Å². The number of carbonyl (C=O) groups excluding carboxylic acids is 3. The number of esters is 3. The van der Waals surface area contributed by atoms with Crippen LogP contribution in [0, 0.1) is 11.3 Å². The first-order chi connectivity index (χ1) is 9.25. The Morgan fingerprint density at radius 2 is 1.70 bits per heavy atom. The second-order valence-electron chi connectivity index (χ2n) is 5.19. The average molecular weight is 284 g/mol. The molecule has 0 radical (unpaired) electrons. The number of hydrogen-bond donors (Lipinski definition) is 0. The molecule has 6 nitrogen and oxygen atoms in total. The third-order valence-corrected chi connectivity index (χ3v) is 3.82. The van der Waals surface area contributed by atoms with E-state index in [4.69, 9.17) is 14.2 Å². The monoisotopic (exact) mass is 284 g/mol. The van der Waals surface area contributed by atoms with E-state index in [9.17, 15) is 14.4 Å². The SMILES string of the molecule is C=CC1CC(C(=O)OC)(C(=O)OC)CC1(C)OC(C)=O. The standard InChI is InChI=1S/C14H20O6/c1-6-10-7-14(11(16)18-4,12(17)19-5)8-13(10,3)20-9(2)15/h6,10H,1,7-8H2,2-5H3. The molecule has 1 aliphatic carbocycles. The van der Waals surface area contributed by atoms with Crippen LogP contribution in [0.1, 0.15) is 26.7 Å². The highest BCUT2D eigenvalue weighted by atomic mass is 16.6. The molecule has 20 heavy (non-hydrogen) atoms. The number of rotatable bonds is 4. The van der Waals surface area contributed by atoms with Crippen molar-refractivity contribution in [3.63, 3.8) is 0 Å². The molecule has 0 saturated heterocycles. The highest BCUT2D eigenvalue weighted by Gasteiger charge is 2.62. The van der Waals surface area contributed by atoms with Crippen molar-refractivity contribution in [2.45, 2.75) is 32.3 Å². The normalized spacial score (nSPS) is 27.5. The lowest BCUT2D eigenvalue weighted by atomic mass is 9.84. The van der Waals surface area contributed by atoms with Gasteiger partial charge in [0.15, 0.2) is 5.41 Å². The zero-order chi connectivity index (χ0) is 15.6. The number of methoxy groups -OCH3 is 2. The van der Waals surface area contributed by atoms with Crippen molar-refractivity contribution in [1.29, 1.82) is 0 Å².